The van der Waals surface area contributed by atoms with E-state index in [4.69, 9.17) is 21.8 Å². The molecule has 10 heteroatoms. The summed E-state index contributed by atoms with van der Waals surface area (Å²) >= 11 is 0. The summed E-state index contributed by atoms with van der Waals surface area (Å²) in [7, 11) is -8.02. The molecule has 6 nitrogen and oxygen atoms in total. The van der Waals surface area contributed by atoms with Gasteiger partial charge >= 0.3 is 23.1 Å². The quantitative estimate of drug-likeness (QED) is 0.121. The third-order valence-corrected chi connectivity index (χ3v) is 18.2. The third kappa shape index (κ3) is 15.4. The Morgan fingerprint density at radius 3 is 1.82 bits per heavy atom. The van der Waals surface area contributed by atoms with E-state index in [1.165, 1.54) is 0 Å². The first kappa shape index (κ1) is 31.4. The van der Waals surface area contributed by atoms with Gasteiger partial charge in [0.15, 0.2) is 16.6 Å². The van der Waals surface area contributed by atoms with Gasteiger partial charge in [0.2, 0.25) is 0 Å². The van der Waals surface area contributed by atoms with Gasteiger partial charge in [-0.1, -0.05) is 18.2 Å². The molecule has 0 radical (unpaired) electrons. The molecule has 0 saturated carbocycles. The number of ether oxygens (including phenoxy) is 2. The molecule has 0 aliphatic carbocycles. The molecule has 0 amide bonds. The average Bonchev–Trinajstić information content (AvgIpc) is 2.65. The Morgan fingerprint density at radius 2 is 1.24 bits per heavy atom. The van der Waals surface area contributed by atoms with Crippen LogP contribution in [0.2, 0.25) is 65.0 Å². The highest BCUT2D eigenvalue weighted by Crippen LogP contribution is 2.27. The highest BCUT2D eigenvalue weighted by Gasteiger charge is 2.44. The molecule has 1 atom stereocenters. The zero-order valence-corrected chi connectivity index (χ0v) is 27.0. The number of hydrogen-bond acceptors (Lipinski definition) is 6. The molecule has 0 fully saturated rings. The molecule has 196 valence electrons. The summed E-state index contributed by atoms with van der Waals surface area (Å²) in [5, 5.41) is 0. The summed E-state index contributed by atoms with van der Waals surface area (Å²) in [4.78, 5) is 11.9. The summed E-state index contributed by atoms with van der Waals surface area (Å²) in [5.74, 6) is -0.256. The van der Waals surface area contributed by atoms with Crippen LogP contribution in [0, 0.1) is 0 Å². The second-order valence-electron chi connectivity index (χ2n) is 11.3. The fourth-order valence-corrected chi connectivity index (χ4v) is 21.9. The Balaban J connectivity index is 2.29. The van der Waals surface area contributed by atoms with Crippen molar-refractivity contribution in [3.8, 4) is 0 Å². The van der Waals surface area contributed by atoms with E-state index in [2.05, 4.69) is 58.9 Å². The Hall–Kier alpha value is -0.602. The number of rotatable bonds is 17. The minimum absolute atomic E-state index is 0.256. The minimum Gasteiger partial charge on any atom is -0.462 e. The van der Waals surface area contributed by atoms with Gasteiger partial charge in [0.25, 0.3) is 0 Å². The Labute approximate surface area is 212 Å². The summed E-state index contributed by atoms with van der Waals surface area (Å²) in [6.07, 6.45) is 3.72. The maximum absolute atomic E-state index is 11.9. The Bertz CT molecular complexity index is 718. The zero-order chi connectivity index (χ0) is 25.9. The summed E-state index contributed by atoms with van der Waals surface area (Å²) < 4.78 is 30.9. The van der Waals surface area contributed by atoms with Gasteiger partial charge in [-0.3, -0.25) is 0 Å². The zero-order valence-electron chi connectivity index (χ0n) is 23.0. The first-order valence-electron chi connectivity index (χ1n) is 12.5. The van der Waals surface area contributed by atoms with E-state index in [1.807, 2.05) is 18.2 Å². The molecule has 1 aromatic carbocycles. The lowest BCUT2D eigenvalue weighted by Crippen LogP contribution is -2.56. The maximum atomic E-state index is 11.9. The van der Waals surface area contributed by atoms with Gasteiger partial charge in [-0.25, -0.2) is 4.79 Å². The van der Waals surface area contributed by atoms with Gasteiger partial charge in [0.05, 0.1) is 12.2 Å². The molecule has 1 aromatic rings. The molecule has 1 unspecified atom stereocenters. The second-order valence-corrected chi connectivity index (χ2v) is 27.8. The molecule has 0 bridgehead atoms. The molecular weight excluding hydrogens is 497 g/mol. The average molecular weight is 545 g/mol. The van der Waals surface area contributed by atoms with Crippen molar-refractivity contribution < 1.29 is 26.6 Å². The SMILES string of the molecule is C[Si](C)(C)O[Si](C)(C)O[Si](C)(CCCOCCCCCOC(=O)c1ccccc1)O[Si](C)(C)C. The number of benzene rings is 1. The van der Waals surface area contributed by atoms with Crippen molar-refractivity contribution in [1.82, 2.24) is 0 Å². The van der Waals surface area contributed by atoms with Crippen LogP contribution in [0.1, 0.15) is 36.0 Å². The van der Waals surface area contributed by atoms with Gasteiger partial charge in [0.1, 0.15) is 0 Å². The van der Waals surface area contributed by atoms with Crippen molar-refractivity contribution in [1.29, 1.82) is 0 Å². The lowest BCUT2D eigenvalue weighted by atomic mass is 10.2. The highest BCUT2D eigenvalue weighted by atomic mass is 28.5. The van der Waals surface area contributed by atoms with Crippen molar-refractivity contribution in [2.24, 2.45) is 0 Å². The van der Waals surface area contributed by atoms with Crippen molar-refractivity contribution in [3.63, 3.8) is 0 Å². The van der Waals surface area contributed by atoms with Crippen LogP contribution in [0.4, 0.5) is 0 Å². The van der Waals surface area contributed by atoms with Crippen molar-refractivity contribution in [2.75, 3.05) is 19.8 Å². The largest absolute Gasteiger partial charge is 0.462 e. The number of carbonyl (C=O) groups excluding carboxylic acids is 1. The van der Waals surface area contributed by atoms with E-state index >= 15 is 0 Å². The van der Waals surface area contributed by atoms with Gasteiger partial charge < -0.3 is 21.8 Å². The van der Waals surface area contributed by atoms with Gasteiger partial charge in [-0.15, -0.1) is 0 Å². The highest BCUT2D eigenvalue weighted by molar-refractivity contribution is 6.89. The molecule has 0 aromatic heterocycles. The molecule has 0 aliphatic heterocycles. The third-order valence-electron chi connectivity index (χ3n) is 4.63. The molecule has 0 aliphatic rings. The fourth-order valence-electron chi connectivity index (χ4n) is 3.95. The first-order chi connectivity index (χ1) is 15.6. The lowest BCUT2D eigenvalue weighted by molar-refractivity contribution is 0.0494. The van der Waals surface area contributed by atoms with Crippen LogP contribution in [-0.2, 0) is 21.8 Å². The molecule has 0 N–H and O–H groups in total. The van der Waals surface area contributed by atoms with E-state index in [0.29, 0.717) is 18.8 Å². The Kier molecular flexibility index (Phi) is 13.1. The van der Waals surface area contributed by atoms with E-state index in [9.17, 15) is 4.79 Å². The normalized spacial score (nSPS) is 14.6. The molecule has 1 rings (SSSR count). The number of carbonyl (C=O) groups is 1. The summed E-state index contributed by atoms with van der Waals surface area (Å²) in [6.45, 7) is 21.7. The van der Waals surface area contributed by atoms with Crippen LogP contribution < -0.4 is 0 Å². The fraction of sp³-hybridized carbons (Fsp3) is 0.708. The molecular formula is C24H48O6Si4. The van der Waals surface area contributed by atoms with Gasteiger partial charge in [-0.2, -0.15) is 0 Å². The molecule has 0 spiro atoms. The predicted molar refractivity (Wildman–Crippen MR) is 150 cm³/mol. The molecule has 34 heavy (non-hydrogen) atoms. The van der Waals surface area contributed by atoms with Gasteiger partial charge in [0, 0.05) is 13.2 Å². The topological polar surface area (TPSA) is 63.2 Å². The summed E-state index contributed by atoms with van der Waals surface area (Å²) in [5.41, 5.74) is 0.599. The van der Waals surface area contributed by atoms with E-state index in [-0.39, 0.29) is 5.97 Å². The first-order valence-corrected chi connectivity index (χ1v) is 24.7. The van der Waals surface area contributed by atoms with Crippen LogP contribution in [-0.4, -0.2) is 59.5 Å². The standard InChI is InChI=1S/C24H48O6Si4/c1-31(2,3)28-33(7,8)30-34(9,29-32(4,5)6)22-16-20-26-19-14-11-15-21-27-24(25)23-17-12-10-13-18-23/h10,12-13,17-18H,11,14-16,19-22H2,1-9H3. The van der Waals surface area contributed by atoms with E-state index in [0.717, 1.165) is 38.3 Å². The lowest BCUT2D eigenvalue weighted by Gasteiger charge is -2.41. The maximum Gasteiger partial charge on any atom is 0.338 e. The van der Waals surface area contributed by atoms with Crippen LogP contribution in [0.5, 0.6) is 0 Å². The monoisotopic (exact) mass is 544 g/mol. The smallest absolute Gasteiger partial charge is 0.338 e. The molecule has 0 saturated heterocycles. The van der Waals surface area contributed by atoms with Crippen molar-refractivity contribution >= 4 is 39.7 Å². The van der Waals surface area contributed by atoms with Crippen LogP contribution in [0.25, 0.3) is 0 Å². The van der Waals surface area contributed by atoms with Crippen LogP contribution in [0.3, 0.4) is 0 Å². The van der Waals surface area contributed by atoms with E-state index in [1.54, 1.807) is 12.1 Å². The van der Waals surface area contributed by atoms with Crippen LogP contribution in [0.15, 0.2) is 30.3 Å². The van der Waals surface area contributed by atoms with E-state index < -0.39 is 33.8 Å². The molecule has 0 heterocycles. The summed E-state index contributed by atoms with van der Waals surface area (Å²) in [6, 6.07) is 10.0. The van der Waals surface area contributed by atoms with Crippen LogP contribution >= 0.6 is 0 Å². The van der Waals surface area contributed by atoms with Gasteiger partial charge in [-0.05, 0) is 103 Å². The number of hydrogen-bond donors (Lipinski definition) is 0. The predicted octanol–water partition coefficient (Wildman–Crippen LogP) is 6.91. The number of unbranched alkanes of at least 4 members (excludes halogenated alkanes) is 2. The second kappa shape index (κ2) is 14.2. The van der Waals surface area contributed by atoms with Crippen molar-refractivity contribution in [3.05, 3.63) is 35.9 Å². The minimum atomic E-state index is -2.35. The number of esters is 1. The van der Waals surface area contributed by atoms with Crippen molar-refractivity contribution in [2.45, 2.75) is 90.7 Å². The Morgan fingerprint density at radius 1 is 0.676 bits per heavy atom.